The maximum Gasteiger partial charge on any atom is 0.283 e. The van der Waals surface area contributed by atoms with Crippen LogP contribution < -0.4 is 16.0 Å². The fourth-order valence-electron chi connectivity index (χ4n) is 1.57. The van der Waals surface area contributed by atoms with Crippen molar-refractivity contribution >= 4 is 40.7 Å². The normalized spacial score (nSPS) is 10.3. The molecule has 0 saturated carbocycles. The van der Waals surface area contributed by atoms with Crippen LogP contribution >= 0.6 is 34.8 Å². The van der Waals surface area contributed by atoms with Gasteiger partial charge in [0.15, 0.2) is 5.75 Å². The highest BCUT2D eigenvalue weighted by atomic mass is 35.5. The van der Waals surface area contributed by atoms with Gasteiger partial charge < -0.3 is 4.74 Å². The lowest BCUT2D eigenvalue weighted by atomic mass is 10.3. The molecule has 0 radical (unpaired) electrons. The molecule has 0 aliphatic heterocycles. The van der Waals surface area contributed by atoms with Gasteiger partial charge in [0, 0.05) is 5.02 Å². The lowest BCUT2D eigenvalue weighted by Gasteiger charge is -2.10. The predicted octanol–water partition coefficient (Wildman–Crippen LogP) is 3.22. The number of rotatable bonds is 4. The molecular weight excluding hydrogens is 337 g/mol. The molecule has 2 aromatic rings. The van der Waals surface area contributed by atoms with E-state index in [-0.39, 0.29) is 12.3 Å². The second-order valence-electron chi connectivity index (χ2n) is 3.97. The Morgan fingerprint density at radius 3 is 2.52 bits per heavy atom. The first-order chi connectivity index (χ1) is 10.0. The van der Waals surface area contributed by atoms with Crippen molar-refractivity contribution in [2.24, 2.45) is 5.84 Å². The molecule has 0 unspecified atom stereocenters. The van der Waals surface area contributed by atoms with Crippen LogP contribution in [0.15, 0.2) is 30.3 Å². The molecule has 8 heteroatoms. The van der Waals surface area contributed by atoms with Crippen molar-refractivity contribution in [2.75, 3.05) is 0 Å². The topological polar surface area (TPSA) is 77.2 Å². The summed E-state index contributed by atoms with van der Waals surface area (Å²) < 4.78 is 5.53. The number of hydrogen-bond donors (Lipinski definition) is 2. The van der Waals surface area contributed by atoms with Crippen molar-refractivity contribution in [3.05, 3.63) is 56.8 Å². The number of pyridine rings is 1. The van der Waals surface area contributed by atoms with Gasteiger partial charge in [0.2, 0.25) is 0 Å². The lowest BCUT2D eigenvalue weighted by molar-refractivity contribution is 0.0948. The quantitative estimate of drug-likeness (QED) is 0.506. The monoisotopic (exact) mass is 345 g/mol. The molecule has 5 nitrogen and oxygen atoms in total. The second-order valence-corrected chi connectivity index (χ2v) is 5.23. The molecule has 0 bridgehead atoms. The Bertz CT molecular complexity index is 656. The van der Waals surface area contributed by atoms with E-state index < -0.39 is 5.91 Å². The third kappa shape index (κ3) is 3.98. The highest BCUT2D eigenvalue weighted by molar-refractivity contribution is 6.40. The van der Waals surface area contributed by atoms with Gasteiger partial charge in [-0.25, -0.2) is 10.8 Å². The standard InChI is InChI=1S/C13H10Cl3N3O2/c14-7-4-9(15)12(10(16)5-7)21-6-8-2-1-3-11(18-8)13(20)19-17/h1-5H,6,17H2,(H,19,20). The van der Waals surface area contributed by atoms with Gasteiger partial charge in [-0.2, -0.15) is 0 Å². The van der Waals surface area contributed by atoms with Crippen molar-refractivity contribution in [2.45, 2.75) is 6.61 Å². The Kier molecular flexibility index (Phi) is 5.25. The molecule has 0 atom stereocenters. The Balaban J connectivity index is 2.15. The fourth-order valence-corrected chi connectivity index (χ4v) is 2.50. The van der Waals surface area contributed by atoms with E-state index in [4.69, 9.17) is 45.4 Å². The van der Waals surface area contributed by atoms with E-state index in [1.54, 1.807) is 12.1 Å². The van der Waals surface area contributed by atoms with Gasteiger partial charge in [-0.1, -0.05) is 40.9 Å². The summed E-state index contributed by atoms with van der Waals surface area (Å²) >= 11 is 17.8. The van der Waals surface area contributed by atoms with Crippen LogP contribution in [0.3, 0.4) is 0 Å². The Morgan fingerprint density at radius 1 is 1.24 bits per heavy atom. The molecule has 0 aliphatic rings. The first kappa shape index (κ1) is 15.9. The number of hydrogen-bond acceptors (Lipinski definition) is 4. The van der Waals surface area contributed by atoms with Crippen LogP contribution in [0.25, 0.3) is 0 Å². The van der Waals surface area contributed by atoms with E-state index in [0.717, 1.165) is 0 Å². The maximum atomic E-state index is 11.4. The van der Waals surface area contributed by atoms with E-state index in [9.17, 15) is 4.79 Å². The number of benzene rings is 1. The van der Waals surface area contributed by atoms with Crippen LogP contribution in [0.2, 0.25) is 15.1 Å². The summed E-state index contributed by atoms with van der Waals surface area (Å²) in [6.45, 7) is 0.0900. The number of hydrazine groups is 1. The van der Waals surface area contributed by atoms with Crippen LogP contribution in [0.5, 0.6) is 5.75 Å². The number of nitrogens with one attached hydrogen (secondary N) is 1. The molecule has 1 amide bonds. The van der Waals surface area contributed by atoms with Crippen molar-refractivity contribution in [1.82, 2.24) is 10.4 Å². The fraction of sp³-hybridized carbons (Fsp3) is 0.0769. The highest BCUT2D eigenvalue weighted by Crippen LogP contribution is 2.36. The number of nitrogen functional groups attached to an aromatic ring is 1. The molecule has 0 aliphatic carbocycles. The third-order valence-electron chi connectivity index (χ3n) is 2.50. The summed E-state index contributed by atoms with van der Waals surface area (Å²) in [6, 6.07) is 7.95. The molecule has 0 fully saturated rings. The molecule has 1 heterocycles. The van der Waals surface area contributed by atoms with Crippen molar-refractivity contribution < 1.29 is 9.53 Å². The molecule has 2 rings (SSSR count). The summed E-state index contributed by atoms with van der Waals surface area (Å²) in [7, 11) is 0. The van der Waals surface area contributed by atoms with Crippen molar-refractivity contribution in [1.29, 1.82) is 0 Å². The van der Waals surface area contributed by atoms with Crippen LogP contribution in [-0.4, -0.2) is 10.9 Å². The van der Waals surface area contributed by atoms with Crippen LogP contribution in [-0.2, 0) is 6.61 Å². The SMILES string of the molecule is NNC(=O)c1cccc(COc2c(Cl)cc(Cl)cc2Cl)n1. The summed E-state index contributed by atoms with van der Waals surface area (Å²) in [5.74, 6) is 4.87. The van der Waals surface area contributed by atoms with E-state index >= 15 is 0 Å². The minimum Gasteiger partial charge on any atom is -0.484 e. The van der Waals surface area contributed by atoms with E-state index in [1.807, 2.05) is 5.43 Å². The number of halogens is 3. The molecule has 0 saturated heterocycles. The average Bonchev–Trinajstić information content (AvgIpc) is 2.45. The smallest absolute Gasteiger partial charge is 0.283 e. The maximum absolute atomic E-state index is 11.4. The van der Waals surface area contributed by atoms with Gasteiger partial charge in [0.05, 0.1) is 15.7 Å². The Labute approximate surface area is 135 Å². The molecule has 1 aromatic carbocycles. The average molecular weight is 347 g/mol. The van der Waals surface area contributed by atoms with Gasteiger partial charge >= 0.3 is 0 Å². The predicted molar refractivity (Wildman–Crippen MR) is 81.7 cm³/mol. The van der Waals surface area contributed by atoms with E-state index in [0.29, 0.717) is 26.5 Å². The number of aromatic nitrogens is 1. The van der Waals surface area contributed by atoms with Crippen LogP contribution in [0.4, 0.5) is 0 Å². The van der Waals surface area contributed by atoms with Gasteiger partial charge in [0.25, 0.3) is 5.91 Å². The summed E-state index contributed by atoms with van der Waals surface area (Å²) in [5.41, 5.74) is 2.72. The molecular formula is C13H10Cl3N3O2. The van der Waals surface area contributed by atoms with Crippen molar-refractivity contribution in [3.63, 3.8) is 0 Å². The number of nitrogens with two attached hydrogens (primary N) is 1. The van der Waals surface area contributed by atoms with E-state index in [2.05, 4.69) is 4.98 Å². The van der Waals surface area contributed by atoms with Gasteiger partial charge in [-0.15, -0.1) is 0 Å². The zero-order valence-corrected chi connectivity index (χ0v) is 12.8. The summed E-state index contributed by atoms with van der Waals surface area (Å²) in [6.07, 6.45) is 0. The Morgan fingerprint density at radius 2 is 1.90 bits per heavy atom. The van der Waals surface area contributed by atoms with Crippen molar-refractivity contribution in [3.8, 4) is 5.75 Å². The molecule has 21 heavy (non-hydrogen) atoms. The molecule has 3 N–H and O–H groups in total. The van der Waals surface area contributed by atoms with E-state index in [1.165, 1.54) is 18.2 Å². The van der Waals surface area contributed by atoms with Crippen LogP contribution in [0, 0.1) is 0 Å². The van der Waals surface area contributed by atoms with Crippen LogP contribution in [0.1, 0.15) is 16.2 Å². The largest absolute Gasteiger partial charge is 0.484 e. The Hall–Kier alpha value is -1.53. The first-order valence-electron chi connectivity index (χ1n) is 5.75. The van der Waals surface area contributed by atoms with Gasteiger partial charge in [-0.3, -0.25) is 10.2 Å². The van der Waals surface area contributed by atoms with Gasteiger partial charge in [0.1, 0.15) is 12.3 Å². The number of ether oxygens (including phenoxy) is 1. The summed E-state index contributed by atoms with van der Waals surface area (Å²) in [4.78, 5) is 15.5. The molecule has 110 valence electrons. The number of amides is 1. The molecule has 1 aromatic heterocycles. The number of nitrogens with zero attached hydrogens (tertiary/aromatic N) is 1. The minimum absolute atomic E-state index is 0.0900. The second kappa shape index (κ2) is 6.95. The third-order valence-corrected chi connectivity index (χ3v) is 3.28. The van der Waals surface area contributed by atoms with Gasteiger partial charge in [-0.05, 0) is 24.3 Å². The zero-order valence-electron chi connectivity index (χ0n) is 10.6. The highest BCUT2D eigenvalue weighted by Gasteiger charge is 2.11. The lowest BCUT2D eigenvalue weighted by Crippen LogP contribution is -2.30. The molecule has 0 spiro atoms. The zero-order chi connectivity index (χ0) is 15.4. The number of carbonyl (C=O) groups is 1. The first-order valence-corrected chi connectivity index (χ1v) is 6.89. The number of carbonyl (C=O) groups excluding carboxylic acids is 1. The summed E-state index contributed by atoms with van der Waals surface area (Å²) in [5, 5.41) is 1.00. The minimum atomic E-state index is -0.487.